The van der Waals surface area contributed by atoms with E-state index in [9.17, 15) is 0 Å². The Morgan fingerprint density at radius 3 is 2.95 bits per heavy atom. The molecule has 3 rings (SSSR count). The Bertz CT molecular complexity index is 445. The molecule has 2 fully saturated rings. The molecule has 4 heteroatoms. The lowest BCUT2D eigenvalue weighted by molar-refractivity contribution is 0.212. The van der Waals surface area contributed by atoms with Gasteiger partial charge in [-0.1, -0.05) is 38.3 Å². The Kier molecular flexibility index (Phi) is 4.63. The lowest BCUT2D eigenvalue weighted by atomic mass is 9.76. The molecular weight excluding hydrogens is 262 g/mol. The van der Waals surface area contributed by atoms with Crippen LogP contribution in [0, 0.1) is 5.92 Å². The van der Waals surface area contributed by atoms with Crippen LogP contribution in [0.1, 0.15) is 82.8 Å². The lowest BCUT2D eigenvalue weighted by Crippen LogP contribution is -2.43. The van der Waals surface area contributed by atoms with Gasteiger partial charge in [-0.2, -0.15) is 4.98 Å². The van der Waals surface area contributed by atoms with Gasteiger partial charge in [0.25, 0.3) is 0 Å². The molecule has 0 amide bonds. The number of nitrogens with one attached hydrogen (secondary N) is 1. The van der Waals surface area contributed by atoms with Crippen molar-refractivity contribution in [1.29, 1.82) is 0 Å². The summed E-state index contributed by atoms with van der Waals surface area (Å²) in [6, 6.07) is 0. The maximum absolute atomic E-state index is 5.75. The molecule has 118 valence electrons. The highest BCUT2D eigenvalue weighted by atomic mass is 16.5. The van der Waals surface area contributed by atoms with Crippen LogP contribution in [0.25, 0.3) is 0 Å². The molecule has 1 saturated carbocycles. The second kappa shape index (κ2) is 6.47. The summed E-state index contributed by atoms with van der Waals surface area (Å²) in [6.45, 7) is 6.70. The van der Waals surface area contributed by atoms with Crippen LogP contribution in [0.3, 0.4) is 0 Å². The van der Waals surface area contributed by atoms with Crippen molar-refractivity contribution in [2.75, 3.05) is 13.1 Å². The largest absolute Gasteiger partial charge is 0.339 e. The van der Waals surface area contributed by atoms with Crippen molar-refractivity contribution in [3.8, 4) is 0 Å². The summed E-state index contributed by atoms with van der Waals surface area (Å²) in [5.41, 5.74) is 0.0819. The van der Waals surface area contributed by atoms with Crippen molar-refractivity contribution in [1.82, 2.24) is 15.5 Å². The smallest absolute Gasteiger partial charge is 0.234 e. The van der Waals surface area contributed by atoms with Crippen LogP contribution < -0.4 is 5.32 Å². The fraction of sp³-hybridized carbons (Fsp3) is 0.882. The van der Waals surface area contributed by atoms with Crippen LogP contribution in [0.2, 0.25) is 0 Å². The van der Waals surface area contributed by atoms with Crippen molar-refractivity contribution in [3.05, 3.63) is 11.7 Å². The second-order valence-electron chi connectivity index (χ2n) is 7.24. The van der Waals surface area contributed by atoms with Crippen molar-refractivity contribution >= 4 is 0 Å². The molecule has 1 aromatic rings. The van der Waals surface area contributed by atoms with Gasteiger partial charge in [0.05, 0.1) is 5.41 Å². The summed E-state index contributed by atoms with van der Waals surface area (Å²) in [5, 5.41) is 7.89. The zero-order valence-electron chi connectivity index (χ0n) is 13.5. The Morgan fingerprint density at radius 1 is 1.33 bits per heavy atom. The summed E-state index contributed by atoms with van der Waals surface area (Å²) < 4.78 is 5.75. The number of hydrogen-bond acceptors (Lipinski definition) is 4. The van der Waals surface area contributed by atoms with Gasteiger partial charge in [-0.05, 0) is 44.6 Å². The first-order valence-corrected chi connectivity index (χ1v) is 8.78. The average Bonchev–Trinajstić information content (AvgIpc) is 2.99. The zero-order chi connectivity index (χ0) is 14.7. The minimum absolute atomic E-state index is 0.0819. The van der Waals surface area contributed by atoms with Crippen LogP contribution in [0.15, 0.2) is 4.52 Å². The molecule has 21 heavy (non-hydrogen) atoms. The summed E-state index contributed by atoms with van der Waals surface area (Å²) in [7, 11) is 0. The summed E-state index contributed by atoms with van der Waals surface area (Å²) in [4.78, 5) is 4.87. The van der Waals surface area contributed by atoms with Crippen molar-refractivity contribution in [3.63, 3.8) is 0 Å². The topological polar surface area (TPSA) is 51.0 Å². The first-order valence-electron chi connectivity index (χ1n) is 8.78. The van der Waals surface area contributed by atoms with Gasteiger partial charge >= 0.3 is 0 Å². The van der Waals surface area contributed by atoms with Gasteiger partial charge in [-0.3, -0.25) is 0 Å². The lowest BCUT2D eigenvalue weighted by Gasteiger charge is -2.34. The SMILES string of the molecule is CCCC1(c2nc(C3CCCC(C)C3)no2)CCCNC1. The number of piperidine rings is 1. The Morgan fingerprint density at radius 2 is 2.24 bits per heavy atom. The fourth-order valence-corrected chi connectivity index (χ4v) is 4.23. The highest BCUT2D eigenvalue weighted by Crippen LogP contribution is 2.38. The molecule has 3 unspecified atom stereocenters. The van der Waals surface area contributed by atoms with Gasteiger partial charge in [0.15, 0.2) is 5.82 Å². The molecule has 4 nitrogen and oxygen atoms in total. The molecule has 2 aliphatic rings. The number of aromatic nitrogens is 2. The Hall–Kier alpha value is -0.900. The maximum Gasteiger partial charge on any atom is 0.234 e. The highest BCUT2D eigenvalue weighted by Gasteiger charge is 2.39. The average molecular weight is 291 g/mol. The quantitative estimate of drug-likeness (QED) is 0.917. The molecule has 0 spiro atoms. The van der Waals surface area contributed by atoms with E-state index in [0.717, 1.165) is 37.1 Å². The molecule has 1 aromatic heterocycles. The van der Waals surface area contributed by atoms with E-state index in [1.54, 1.807) is 0 Å². The van der Waals surface area contributed by atoms with Gasteiger partial charge in [0.1, 0.15) is 0 Å². The van der Waals surface area contributed by atoms with E-state index in [2.05, 4.69) is 24.3 Å². The fourth-order valence-electron chi connectivity index (χ4n) is 4.23. The molecule has 0 aromatic carbocycles. The third kappa shape index (κ3) is 3.15. The normalized spacial score (nSPS) is 34.0. The number of rotatable bonds is 4. The monoisotopic (exact) mass is 291 g/mol. The summed E-state index contributed by atoms with van der Waals surface area (Å²) >= 11 is 0. The molecule has 3 atom stereocenters. The predicted molar refractivity (Wildman–Crippen MR) is 83.4 cm³/mol. The Balaban J connectivity index is 1.78. The zero-order valence-corrected chi connectivity index (χ0v) is 13.5. The van der Waals surface area contributed by atoms with E-state index in [-0.39, 0.29) is 5.41 Å². The van der Waals surface area contributed by atoms with Gasteiger partial charge in [0.2, 0.25) is 5.89 Å². The van der Waals surface area contributed by atoms with Crippen molar-refractivity contribution in [2.24, 2.45) is 5.92 Å². The van der Waals surface area contributed by atoms with Crippen LogP contribution in [0.5, 0.6) is 0 Å². The van der Waals surface area contributed by atoms with E-state index in [0.29, 0.717) is 5.92 Å². The molecule has 1 aliphatic heterocycles. The molecule has 1 aliphatic carbocycles. The van der Waals surface area contributed by atoms with E-state index >= 15 is 0 Å². The summed E-state index contributed by atoms with van der Waals surface area (Å²) in [5.74, 6) is 3.18. The standard InChI is InChI=1S/C17H29N3O/c1-3-8-17(9-5-10-18-12-17)16-19-15(20-21-16)14-7-4-6-13(2)11-14/h13-14,18H,3-12H2,1-2H3. The summed E-state index contributed by atoms with van der Waals surface area (Å²) in [6.07, 6.45) is 9.79. The molecule has 0 bridgehead atoms. The van der Waals surface area contributed by atoms with Gasteiger partial charge < -0.3 is 9.84 Å². The number of hydrogen-bond donors (Lipinski definition) is 1. The maximum atomic E-state index is 5.75. The minimum Gasteiger partial charge on any atom is -0.339 e. The van der Waals surface area contributed by atoms with E-state index in [1.165, 1.54) is 44.9 Å². The van der Waals surface area contributed by atoms with Crippen molar-refractivity contribution in [2.45, 2.75) is 76.5 Å². The van der Waals surface area contributed by atoms with E-state index in [4.69, 9.17) is 9.51 Å². The molecule has 2 heterocycles. The van der Waals surface area contributed by atoms with Crippen molar-refractivity contribution < 1.29 is 4.52 Å². The van der Waals surface area contributed by atoms with E-state index in [1.807, 2.05) is 0 Å². The second-order valence-corrected chi connectivity index (χ2v) is 7.24. The van der Waals surface area contributed by atoms with Crippen LogP contribution in [-0.4, -0.2) is 23.2 Å². The molecule has 1 N–H and O–H groups in total. The van der Waals surface area contributed by atoms with E-state index < -0.39 is 0 Å². The molecule has 0 radical (unpaired) electrons. The van der Waals surface area contributed by atoms with Crippen LogP contribution in [0.4, 0.5) is 0 Å². The minimum atomic E-state index is 0.0819. The van der Waals surface area contributed by atoms with Gasteiger partial charge in [-0.15, -0.1) is 0 Å². The number of nitrogens with zero attached hydrogens (tertiary/aromatic N) is 2. The molecule has 1 saturated heterocycles. The molecular formula is C17H29N3O. The first-order chi connectivity index (χ1) is 10.2. The first kappa shape index (κ1) is 15.0. The predicted octanol–water partition coefficient (Wildman–Crippen LogP) is 3.78. The van der Waals surface area contributed by atoms with Gasteiger partial charge in [0, 0.05) is 12.5 Å². The third-order valence-electron chi connectivity index (χ3n) is 5.40. The highest BCUT2D eigenvalue weighted by molar-refractivity contribution is 5.10. The van der Waals surface area contributed by atoms with Gasteiger partial charge in [-0.25, -0.2) is 0 Å². The Labute approximate surface area is 128 Å². The third-order valence-corrected chi connectivity index (χ3v) is 5.40. The van der Waals surface area contributed by atoms with Crippen LogP contribution in [-0.2, 0) is 5.41 Å². The van der Waals surface area contributed by atoms with Crippen LogP contribution >= 0.6 is 0 Å².